The monoisotopic (exact) mass is 490 g/mol. The van der Waals surface area contributed by atoms with Gasteiger partial charge in [0, 0.05) is 18.5 Å². The summed E-state index contributed by atoms with van der Waals surface area (Å²) in [5, 5.41) is 11.0. The van der Waals surface area contributed by atoms with Gasteiger partial charge in [-0.15, -0.1) is 0 Å². The molecule has 2 aromatic rings. The Hall–Kier alpha value is -3.56. The molecule has 0 spiro atoms. The average molecular weight is 490 g/mol. The number of benzene rings is 2. The Kier molecular flexibility index (Phi) is 6.73. The normalized spacial score (nSPS) is 20.2. The van der Waals surface area contributed by atoms with Gasteiger partial charge in [0.1, 0.15) is 12.6 Å². The number of amides is 2. The van der Waals surface area contributed by atoms with E-state index < -0.39 is 48.6 Å². The number of hydrogen-bond donors (Lipinski definition) is 2. The first-order valence-corrected chi connectivity index (χ1v) is 11.3. The van der Waals surface area contributed by atoms with Gasteiger partial charge < -0.3 is 20.1 Å². The third-order valence-electron chi connectivity index (χ3n) is 6.80. The van der Waals surface area contributed by atoms with Crippen LogP contribution in [-0.2, 0) is 14.3 Å². The lowest BCUT2D eigenvalue weighted by Crippen LogP contribution is -2.49. The number of carboxylic acid groups (broad SMARTS) is 1. The van der Waals surface area contributed by atoms with Gasteiger partial charge in [-0.25, -0.2) is 4.79 Å². The molecule has 0 radical (unpaired) electrons. The molecule has 1 fully saturated rings. The highest BCUT2D eigenvalue weighted by molar-refractivity contribution is 5.81. The summed E-state index contributed by atoms with van der Waals surface area (Å²) in [6.07, 6.45) is -7.04. The summed E-state index contributed by atoms with van der Waals surface area (Å²) in [6.45, 7) is 1.37. The van der Waals surface area contributed by atoms with Crippen LogP contribution in [0.15, 0.2) is 48.5 Å². The molecule has 4 rings (SSSR count). The number of alkyl carbamates (subject to hydrolysis) is 1. The topological polar surface area (TPSA) is 95.9 Å². The SMILES string of the molecule is CC1C(C(=O)O)CCN1C(=O)CC(NC(=O)OCC1c2ccccc2-c2ccccc21)C(F)(F)F. The molecule has 1 aliphatic heterocycles. The molecule has 10 heteroatoms. The highest BCUT2D eigenvalue weighted by Gasteiger charge is 2.45. The van der Waals surface area contributed by atoms with Gasteiger partial charge in [-0.2, -0.15) is 13.2 Å². The molecule has 0 saturated carbocycles. The second-order valence-electron chi connectivity index (χ2n) is 8.83. The number of carbonyl (C=O) groups is 3. The van der Waals surface area contributed by atoms with Crippen molar-refractivity contribution < 1.29 is 37.4 Å². The van der Waals surface area contributed by atoms with Crippen molar-refractivity contribution in [2.45, 2.75) is 43.9 Å². The van der Waals surface area contributed by atoms with Gasteiger partial charge in [0.25, 0.3) is 0 Å². The third kappa shape index (κ3) is 4.96. The summed E-state index contributed by atoms with van der Waals surface area (Å²) in [5.41, 5.74) is 3.80. The van der Waals surface area contributed by atoms with Gasteiger partial charge in [-0.05, 0) is 35.6 Å². The van der Waals surface area contributed by atoms with Crippen molar-refractivity contribution >= 4 is 18.0 Å². The van der Waals surface area contributed by atoms with E-state index in [0.717, 1.165) is 27.2 Å². The van der Waals surface area contributed by atoms with Crippen molar-refractivity contribution in [2.75, 3.05) is 13.2 Å². The van der Waals surface area contributed by atoms with E-state index in [9.17, 15) is 32.7 Å². The zero-order valence-electron chi connectivity index (χ0n) is 18.9. The molecule has 2 aliphatic rings. The summed E-state index contributed by atoms with van der Waals surface area (Å²) in [4.78, 5) is 37.3. The van der Waals surface area contributed by atoms with Crippen molar-refractivity contribution in [1.82, 2.24) is 10.2 Å². The number of aliphatic carboxylic acids is 1. The maximum Gasteiger partial charge on any atom is 0.409 e. The van der Waals surface area contributed by atoms with Crippen molar-refractivity contribution in [3.63, 3.8) is 0 Å². The molecule has 0 bridgehead atoms. The number of alkyl halides is 3. The van der Waals surface area contributed by atoms with Gasteiger partial charge >= 0.3 is 18.2 Å². The van der Waals surface area contributed by atoms with Crippen LogP contribution < -0.4 is 5.32 Å². The van der Waals surface area contributed by atoms with Gasteiger partial charge in [0.2, 0.25) is 5.91 Å². The zero-order valence-corrected chi connectivity index (χ0v) is 18.9. The maximum atomic E-state index is 13.6. The van der Waals surface area contributed by atoms with E-state index in [0.29, 0.717) is 0 Å². The molecular weight excluding hydrogens is 465 g/mol. The Morgan fingerprint density at radius 2 is 1.66 bits per heavy atom. The number of likely N-dealkylation sites (tertiary alicyclic amines) is 1. The second-order valence-corrected chi connectivity index (χ2v) is 8.83. The highest BCUT2D eigenvalue weighted by atomic mass is 19.4. The predicted molar refractivity (Wildman–Crippen MR) is 120 cm³/mol. The summed E-state index contributed by atoms with van der Waals surface area (Å²) < 4.78 is 46.1. The fraction of sp³-hybridized carbons (Fsp3) is 0.400. The number of rotatable bonds is 6. The van der Waals surface area contributed by atoms with E-state index in [2.05, 4.69) is 0 Å². The molecule has 1 saturated heterocycles. The Balaban J connectivity index is 1.40. The standard InChI is InChI=1S/C25H25F3N2O5/c1-14-15(23(32)33)10-11-30(14)22(31)12-21(25(26,27)28)29-24(34)35-13-20-18-8-4-2-6-16(18)17-7-3-5-9-19(17)20/h2-9,14-15,20-21H,10-13H2,1H3,(H,29,34)(H,32,33). The first-order valence-electron chi connectivity index (χ1n) is 11.3. The molecule has 1 heterocycles. The molecule has 2 aromatic carbocycles. The molecule has 186 valence electrons. The molecule has 35 heavy (non-hydrogen) atoms. The Bertz CT molecular complexity index is 1090. The Morgan fingerprint density at radius 3 is 2.17 bits per heavy atom. The number of carboxylic acids is 1. The van der Waals surface area contributed by atoms with Crippen LogP contribution in [0.2, 0.25) is 0 Å². The van der Waals surface area contributed by atoms with Crippen LogP contribution in [0.4, 0.5) is 18.0 Å². The number of fused-ring (bicyclic) bond motifs is 3. The Morgan fingerprint density at radius 1 is 1.09 bits per heavy atom. The van der Waals surface area contributed by atoms with Crippen molar-refractivity contribution in [1.29, 1.82) is 0 Å². The van der Waals surface area contributed by atoms with Crippen LogP contribution in [-0.4, -0.2) is 59.4 Å². The molecule has 1 aliphatic carbocycles. The average Bonchev–Trinajstić information content (AvgIpc) is 3.35. The first kappa shape index (κ1) is 24.6. The van der Waals surface area contributed by atoms with Crippen molar-refractivity contribution in [2.24, 2.45) is 5.92 Å². The second kappa shape index (κ2) is 9.59. The highest BCUT2D eigenvalue weighted by Crippen LogP contribution is 2.44. The van der Waals surface area contributed by atoms with Gasteiger partial charge in [0.05, 0.1) is 12.3 Å². The number of carbonyl (C=O) groups excluding carboxylic acids is 2. The number of nitrogens with one attached hydrogen (secondary N) is 1. The minimum Gasteiger partial charge on any atom is -0.481 e. The fourth-order valence-electron chi connectivity index (χ4n) is 4.94. The van der Waals surface area contributed by atoms with Crippen LogP contribution in [0.3, 0.4) is 0 Å². The molecular formula is C25H25F3N2O5. The van der Waals surface area contributed by atoms with Crippen molar-refractivity contribution in [3.05, 3.63) is 59.7 Å². The lowest BCUT2D eigenvalue weighted by atomic mass is 9.98. The van der Waals surface area contributed by atoms with E-state index in [1.807, 2.05) is 48.5 Å². The number of halogens is 3. The van der Waals surface area contributed by atoms with E-state index in [-0.39, 0.29) is 25.5 Å². The molecule has 2 N–H and O–H groups in total. The molecule has 2 amide bonds. The smallest absolute Gasteiger partial charge is 0.409 e. The Labute approximate surface area is 199 Å². The summed E-state index contributed by atoms with van der Waals surface area (Å²) in [6, 6.07) is 11.9. The van der Waals surface area contributed by atoms with Crippen LogP contribution >= 0.6 is 0 Å². The van der Waals surface area contributed by atoms with Gasteiger partial charge in [0.15, 0.2) is 0 Å². The van der Waals surface area contributed by atoms with Crippen LogP contribution in [0, 0.1) is 5.92 Å². The molecule has 3 atom stereocenters. The lowest BCUT2D eigenvalue weighted by molar-refractivity contribution is -0.164. The third-order valence-corrected chi connectivity index (χ3v) is 6.80. The summed E-state index contributed by atoms with van der Waals surface area (Å²) in [7, 11) is 0. The minimum absolute atomic E-state index is 0.0481. The van der Waals surface area contributed by atoms with Crippen LogP contribution in [0.5, 0.6) is 0 Å². The number of hydrogen-bond acceptors (Lipinski definition) is 4. The summed E-state index contributed by atoms with van der Waals surface area (Å²) >= 11 is 0. The van der Waals surface area contributed by atoms with Gasteiger partial charge in [-0.1, -0.05) is 48.5 Å². The van der Waals surface area contributed by atoms with Gasteiger partial charge in [-0.3, -0.25) is 9.59 Å². The first-order chi connectivity index (χ1) is 16.6. The van der Waals surface area contributed by atoms with E-state index in [4.69, 9.17) is 4.74 Å². The van der Waals surface area contributed by atoms with E-state index in [1.54, 1.807) is 5.32 Å². The number of nitrogens with zero attached hydrogens (tertiary/aromatic N) is 1. The zero-order chi connectivity index (χ0) is 25.3. The fourth-order valence-corrected chi connectivity index (χ4v) is 4.94. The largest absolute Gasteiger partial charge is 0.481 e. The van der Waals surface area contributed by atoms with Crippen LogP contribution in [0.25, 0.3) is 11.1 Å². The van der Waals surface area contributed by atoms with Crippen LogP contribution in [0.1, 0.15) is 36.8 Å². The number of ether oxygens (including phenoxy) is 1. The summed E-state index contributed by atoms with van der Waals surface area (Å²) in [5.74, 6) is -3.13. The molecule has 0 aromatic heterocycles. The predicted octanol–water partition coefficient (Wildman–Crippen LogP) is 4.17. The maximum absolute atomic E-state index is 13.6. The minimum atomic E-state index is -4.89. The van der Waals surface area contributed by atoms with E-state index in [1.165, 1.54) is 6.92 Å². The molecule has 3 unspecified atom stereocenters. The quantitative estimate of drug-likeness (QED) is 0.634. The van der Waals surface area contributed by atoms with Crippen molar-refractivity contribution in [3.8, 4) is 11.1 Å². The molecule has 7 nitrogen and oxygen atoms in total. The lowest BCUT2D eigenvalue weighted by Gasteiger charge is -2.27. The van der Waals surface area contributed by atoms with E-state index >= 15 is 0 Å².